The number of fused-ring (bicyclic) bond motifs is 2. The van der Waals surface area contributed by atoms with Gasteiger partial charge in [0.2, 0.25) is 0 Å². The Kier molecular flexibility index (Phi) is 5.23. The third-order valence-electron chi connectivity index (χ3n) is 6.11. The van der Waals surface area contributed by atoms with Gasteiger partial charge in [-0.25, -0.2) is 0 Å². The van der Waals surface area contributed by atoms with Crippen LogP contribution in [0.5, 0.6) is 5.75 Å². The Hall–Kier alpha value is -2.77. The minimum Gasteiger partial charge on any atom is -0.492 e. The smallest absolute Gasteiger partial charge is 0.125 e. The molecule has 5 rings (SSSR count). The second-order valence-electron chi connectivity index (χ2n) is 7.91. The van der Waals surface area contributed by atoms with E-state index in [1.165, 1.54) is 27.8 Å². The molecule has 0 bridgehead atoms. The number of nitrogens with zero attached hydrogens (tertiary/aromatic N) is 3. The molecule has 0 spiro atoms. The molecule has 4 heterocycles. The molecule has 0 radical (unpaired) electrons. The molecule has 3 aliphatic heterocycles. The number of morpholine rings is 1. The molecular formula is C23H29N5O2. The average molecular weight is 408 g/mol. The Morgan fingerprint density at radius 2 is 2.00 bits per heavy atom. The molecule has 1 aromatic heterocycles. The van der Waals surface area contributed by atoms with E-state index < -0.39 is 0 Å². The van der Waals surface area contributed by atoms with Gasteiger partial charge in [0.15, 0.2) is 0 Å². The third-order valence-corrected chi connectivity index (χ3v) is 6.11. The number of rotatable bonds is 6. The normalized spacial score (nSPS) is 20.9. The molecule has 0 saturated carbocycles. The highest BCUT2D eigenvalue weighted by Gasteiger charge is 2.31. The molecule has 7 heteroatoms. The van der Waals surface area contributed by atoms with Crippen LogP contribution in [0.15, 0.2) is 36.0 Å². The van der Waals surface area contributed by atoms with E-state index in [-0.39, 0.29) is 6.17 Å². The van der Waals surface area contributed by atoms with E-state index in [4.69, 9.17) is 9.47 Å². The maximum Gasteiger partial charge on any atom is 0.125 e. The molecule has 7 nitrogen and oxygen atoms in total. The van der Waals surface area contributed by atoms with Gasteiger partial charge in [0.05, 0.1) is 24.8 Å². The van der Waals surface area contributed by atoms with Crippen LogP contribution < -0.4 is 25.9 Å². The highest BCUT2D eigenvalue weighted by atomic mass is 16.5. The van der Waals surface area contributed by atoms with Gasteiger partial charge in [-0.2, -0.15) is 5.10 Å². The molecule has 2 N–H and O–H groups in total. The quantitative estimate of drug-likeness (QED) is 0.722. The largest absolute Gasteiger partial charge is 0.492 e. The van der Waals surface area contributed by atoms with Crippen LogP contribution in [-0.2, 0) is 11.8 Å². The first-order valence-electron chi connectivity index (χ1n) is 10.8. The first-order valence-corrected chi connectivity index (χ1v) is 10.8. The lowest BCUT2D eigenvalue weighted by atomic mass is 9.98. The van der Waals surface area contributed by atoms with Crippen molar-refractivity contribution in [2.24, 2.45) is 7.05 Å². The molecule has 1 aromatic carbocycles. The van der Waals surface area contributed by atoms with Gasteiger partial charge in [0.1, 0.15) is 18.5 Å². The maximum absolute atomic E-state index is 5.97. The number of benzene rings is 1. The second-order valence-corrected chi connectivity index (χ2v) is 7.91. The summed E-state index contributed by atoms with van der Waals surface area (Å²) in [6, 6.07) is 8.43. The molecule has 30 heavy (non-hydrogen) atoms. The van der Waals surface area contributed by atoms with Crippen molar-refractivity contribution in [1.82, 2.24) is 25.3 Å². The first kappa shape index (κ1) is 19.2. The molecule has 1 atom stereocenters. The van der Waals surface area contributed by atoms with Crippen molar-refractivity contribution in [3.63, 3.8) is 0 Å². The van der Waals surface area contributed by atoms with Gasteiger partial charge in [-0.15, -0.1) is 0 Å². The summed E-state index contributed by atoms with van der Waals surface area (Å²) in [5.74, 6) is 0.911. The summed E-state index contributed by atoms with van der Waals surface area (Å²) in [4.78, 5) is 2.38. The lowest BCUT2D eigenvalue weighted by Crippen LogP contribution is -2.47. The fourth-order valence-electron chi connectivity index (χ4n) is 4.54. The molecule has 1 saturated heterocycles. The van der Waals surface area contributed by atoms with Gasteiger partial charge >= 0.3 is 0 Å². The second kappa shape index (κ2) is 8.16. The molecule has 3 aliphatic rings. The van der Waals surface area contributed by atoms with Crippen LogP contribution in [0.1, 0.15) is 18.9 Å². The van der Waals surface area contributed by atoms with Crippen molar-refractivity contribution in [1.29, 1.82) is 0 Å². The minimum atomic E-state index is 0.0855. The summed E-state index contributed by atoms with van der Waals surface area (Å²) in [5, 5.41) is 13.9. The molecule has 2 aromatic rings. The Morgan fingerprint density at radius 1 is 1.20 bits per heavy atom. The molecule has 1 fully saturated rings. The topological polar surface area (TPSA) is 63.6 Å². The van der Waals surface area contributed by atoms with E-state index in [1.54, 1.807) is 0 Å². The predicted molar refractivity (Wildman–Crippen MR) is 117 cm³/mol. The number of ether oxygens (including phenoxy) is 2. The van der Waals surface area contributed by atoms with Crippen molar-refractivity contribution >= 4 is 17.5 Å². The van der Waals surface area contributed by atoms with Gasteiger partial charge < -0.3 is 20.1 Å². The standard InChI is InChI=1S/C23H29N5O2/c1-3-19-20-22-17(15-25-27(22)2)14-24-23(20)26-21(19)16-4-6-18(7-5-16)30-13-10-28-8-11-29-12-9-28/h4-7,14-15,23-24,26H,3,8-13H2,1-2H3. The van der Waals surface area contributed by atoms with Gasteiger partial charge in [0, 0.05) is 49.4 Å². The van der Waals surface area contributed by atoms with E-state index in [0.29, 0.717) is 6.61 Å². The van der Waals surface area contributed by atoms with Gasteiger partial charge in [-0.1, -0.05) is 6.92 Å². The highest BCUT2D eigenvalue weighted by molar-refractivity contribution is 5.89. The van der Waals surface area contributed by atoms with Crippen LogP contribution in [0, 0.1) is 0 Å². The van der Waals surface area contributed by atoms with E-state index in [1.807, 2.05) is 24.1 Å². The van der Waals surface area contributed by atoms with Gasteiger partial charge in [-0.05, 0) is 41.8 Å². The third kappa shape index (κ3) is 3.48. The van der Waals surface area contributed by atoms with Crippen LogP contribution in [0.3, 0.4) is 0 Å². The van der Waals surface area contributed by atoms with Crippen molar-refractivity contribution in [2.45, 2.75) is 19.5 Å². The predicted octanol–water partition coefficient (Wildman–Crippen LogP) is 0.374. The van der Waals surface area contributed by atoms with Gasteiger partial charge in [-0.3, -0.25) is 9.58 Å². The summed E-state index contributed by atoms with van der Waals surface area (Å²) in [6.07, 6.45) is 5.01. The zero-order valence-corrected chi connectivity index (χ0v) is 17.6. The molecule has 0 amide bonds. The number of aryl methyl sites for hydroxylation is 1. The van der Waals surface area contributed by atoms with Crippen molar-refractivity contribution in [2.75, 3.05) is 39.5 Å². The van der Waals surface area contributed by atoms with Crippen LogP contribution >= 0.6 is 0 Å². The van der Waals surface area contributed by atoms with Crippen LogP contribution in [-0.4, -0.2) is 60.3 Å². The number of aromatic nitrogens is 2. The van der Waals surface area contributed by atoms with Crippen molar-refractivity contribution < 1.29 is 9.47 Å². The molecular weight excluding hydrogens is 378 g/mol. The summed E-state index contributed by atoms with van der Waals surface area (Å²) in [6.45, 7) is 7.48. The SMILES string of the molecule is CCC1=C(c2ccc(OCCN3CCOCC3)cc2)NC2NC=c3cnn(C)c3=C12. The van der Waals surface area contributed by atoms with Crippen molar-refractivity contribution in [3.05, 3.63) is 52.2 Å². The zero-order chi connectivity index (χ0) is 20.5. The Labute approximate surface area is 176 Å². The van der Waals surface area contributed by atoms with E-state index in [9.17, 15) is 0 Å². The molecule has 1 unspecified atom stereocenters. The monoisotopic (exact) mass is 407 g/mol. The number of hydrogen-bond donors (Lipinski definition) is 2. The fraction of sp³-hybridized carbons (Fsp3) is 0.435. The Balaban J connectivity index is 1.35. The van der Waals surface area contributed by atoms with Crippen LogP contribution in [0.4, 0.5) is 0 Å². The number of hydrogen-bond acceptors (Lipinski definition) is 6. The van der Waals surface area contributed by atoms with E-state index in [2.05, 4.69) is 51.8 Å². The Morgan fingerprint density at radius 3 is 2.77 bits per heavy atom. The summed E-state index contributed by atoms with van der Waals surface area (Å²) in [5.41, 5.74) is 5.01. The highest BCUT2D eigenvalue weighted by Crippen LogP contribution is 2.33. The summed E-state index contributed by atoms with van der Waals surface area (Å²) in [7, 11) is 2.01. The fourth-order valence-corrected chi connectivity index (χ4v) is 4.54. The van der Waals surface area contributed by atoms with Crippen LogP contribution in [0.2, 0.25) is 0 Å². The summed E-state index contributed by atoms with van der Waals surface area (Å²) >= 11 is 0. The number of nitrogens with one attached hydrogen (secondary N) is 2. The maximum atomic E-state index is 5.97. The lowest BCUT2D eigenvalue weighted by molar-refractivity contribution is 0.0322. The average Bonchev–Trinajstić information content (AvgIpc) is 3.35. The van der Waals surface area contributed by atoms with Crippen molar-refractivity contribution in [3.8, 4) is 5.75 Å². The van der Waals surface area contributed by atoms with E-state index in [0.717, 1.165) is 50.2 Å². The van der Waals surface area contributed by atoms with Crippen LogP contribution in [0.25, 0.3) is 17.5 Å². The van der Waals surface area contributed by atoms with Gasteiger partial charge in [0.25, 0.3) is 0 Å². The molecule has 0 aliphatic carbocycles. The minimum absolute atomic E-state index is 0.0855. The summed E-state index contributed by atoms with van der Waals surface area (Å²) < 4.78 is 13.3. The Bertz CT molecular complexity index is 1060. The molecule has 158 valence electrons. The van der Waals surface area contributed by atoms with E-state index >= 15 is 0 Å². The lowest BCUT2D eigenvalue weighted by Gasteiger charge is -2.26. The first-order chi connectivity index (χ1) is 14.7. The zero-order valence-electron chi connectivity index (χ0n) is 17.6.